The Labute approximate surface area is 163 Å². The van der Waals surface area contributed by atoms with E-state index in [-0.39, 0.29) is 0 Å². The number of nitrogens with two attached hydrogens (primary N) is 1. The van der Waals surface area contributed by atoms with Crippen molar-refractivity contribution in [3.05, 3.63) is 30.5 Å². The molecule has 0 radical (unpaired) electrons. The quantitative estimate of drug-likeness (QED) is 0.601. The summed E-state index contributed by atoms with van der Waals surface area (Å²) < 4.78 is 9.65. The Hall–Kier alpha value is -1.56. The van der Waals surface area contributed by atoms with E-state index >= 15 is 0 Å². The van der Waals surface area contributed by atoms with Crippen LogP contribution >= 0.6 is 0 Å². The van der Waals surface area contributed by atoms with Crippen molar-refractivity contribution in [2.24, 2.45) is 0 Å². The van der Waals surface area contributed by atoms with Gasteiger partial charge in [0.15, 0.2) is 0 Å². The second-order valence-electron chi connectivity index (χ2n) is 8.72. The molecule has 0 saturated carbocycles. The average Bonchev–Trinajstić information content (AvgIpc) is 3.29. The average molecular weight is 372 g/mol. The van der Waals surface area contributed by atoms with Crippen molar-refractivity contribution >= 4 is 16.6 Å². The van der Waals surface area contributed by atoms with Crippen molar-refractivity contribution in [2.45, 2.75) is 38.3 Å². The molecule has 2 fully saturated rings. The summed E-state index contributed by atoms with van der Waals surface area (Å²) in [6.07, 6.45) is 7.75. The van der Waals surface area contributed by atoms with Crippen molar-refractivity contribution in [1.29, 1.82) is 0 Å². The third kappa shape index (κ3) is 4.48. The maximum atomic E-state index is 6.08. The minimum Gasteiger partial charge on any atom is -0.398 e. The minimum absolute atomic E-state index is 0.418. The molecule has 27 heavy (non-hydrogen) atoms. The van der Waals surface area contributed by atoms with Crippen LogP contribution in [0.3, 0.4) is 0 Å². The highest BCUT2D eigenvalue weighted by molar-refractivity contribution is 5.91. The number of fused-ring (bicyclic) bond motifs is 1. The van der Waals surface area contributed by atoms with Gasteiger partial charge in [-0.2, -0.15) is 0 Å². The summed E-state index contributed by atoms with van der Waals surface area (Å²) in [5, 5.41) is 1.17. The van der Waals surface area contributed by atoms with Crippen molar-refractivity contribution in [3.63, 3.8) is 0 Å². The Morgan fingerprint density at radius 2 is 2.04 bits per heavy atom. The van der Waals surface area contributed by atoms with E-state index in [2.05, 4.69) is 34.8 Å². The molecule has 3 heterocycles. The van der Waals surface area contributed by atoms with Crippen LogP contribution in [-0.4, -0.2) is 73.0 Å². The number of rotatable bonds is 7. The van der Waals surface area contributed by atoms with Gasteiger partial charge in [0.05, 0.1) is 44.9 Å². The van der Waals surface area contributed by atoms with Gasteiger partial charge in [0.2, 0.25) is 0 Å². The molecule has 2 N–H and O–H groups in total. The predicted molar refractivity (Wildman–Crippen MR) is 112 cm³/mol. The number of likely N-dealkylation sites (tertiary alicyclic amines) is 1. The van der Waals surface area contributed by atoms with E-state index in [1.807, 2.05) is 12.1 Å². The van der Waals surface area contributed by atoms with Gasteiger partial charge in [-0.25, -0.2) is 0 Å². The van der Waals surface area contributed by atoms with Crippen LogP contribution in [-0.2, 0) is 11.3 Å². The Balaban J connectivity index is 1.24. The second kappa shape index (κ2) is 8.21. The van der Waals surface area contributed by atoms with E-state index in [1.54, 1.807) is 0 Å². The highest BCUT2D eigenvalue weighted by Crippen LogP contribution is 2.22. The third-order valence-electron chi connectivity index (χ3n) is 6.58. The van der Waals surface area contributed by atoms with Gasteiger partial charge in [0.25, 0.3) is 0 Å². The van der Waals surface area contributed by atoms with Crippen LogP contribution in [0.15, 0.2) is 30.5 Å². The van der Waals surface area contributed by atoms with Crippen molar-refractivity contribution in [2.75, 3.05) is 58.7 Å². The Morgan fingerprint density at radius 1 is 1.19 bits per heavy atom. The molecule has 2 aliphatic heterocycles. The molecule has 2 aromatic rings. The summed E-state index contributed by atoms with van der Waals surface area (Å²) in [5.41, 5.74) is 8.20. The van der Waals surface area contributed by atoms with E-state index in [4.69, 9.17) is 10.5 Å². The predicted octanol–water partition coefficient (Wildman–Crippen LogP) is 2.94. The molecule has 0 spiro atoms. The highest BCUT2D eigenvalue weighted by Gasteiger charge is 2.29. The molecule has 0 aliphatic carbocycles. The number of benzene rings is 1. The van der Waals surface area contributed by atoms with Gasteiger partial charge in [0, 0.05) is 62.7 Å². The zero-order chi connectivity index (χ0) is 18.7. The number of aromatic nitrogens is 1. The lowest BCUT2D eigenvalue weighted by atomic mass is 10.1. The molecular formula is C22H35N4O+. The van der Waals surface area contributed by atoms with Crippen molar-refractivity contribution < 1.29 is 9.22 Å². The molecule has 2 aliphatic rings. The number of anilines is 1. The van der Waals surface area contributed by atoms with E-state index in [1.165, 1.54) is 60.7 Å². The van der Waals surface area contributed by atoms with Gasteiger partial charge in [-0.1, -0.05) is 6.07 Å². The number of hydrogen-bond acceptors (Lipinski definition) is 3. The first-order valence-electron chi connectivity index (χ1n) is 10.6. The van der Waals surface area contributed by atoms with E-state index in [9.17, 15) is 0 Å². The van der Waals surface area contributed by atoms with Crippen LogP contribution < -0.4 is 5.73 Å². The van der Waals surface area contributed by atoms with Gasteiger partial charge < -0.3 is 19.5 Å². The molecule has 2 saturated heterocycles. The summed E-state index contributed by atoms with van der Waals surface area (Å²) in [6, 6.07) is 8.32. The second-order valence-corrected chi connectivity index (χ2v) is 8.72. The summed E-state index contributed by atoms with van der Waals surface area (Å²) >= 11 is 0. The maximum absolute atomic E-state index is 6.08. The SMILES string of the molecule is C[N+]1(CCC2CN(CCCn3ccc4c(N)cccc43)CCO2)CCCC1. The molecule has 0 bridgehead atoms. The Bertz CT molecular complexity index is 750. The van der Waals surface area contributed by atoms with E-state index in [0.717, 1.165) is 38.5 Å². The first-order valence-corrected chi connectivity index (χ1v) is 10.6. The zero-order valence-corrected chi connectivity index (χ0v) is 16.8. The van der Waals surface area contributed by atoms with Crippen LogP contribution in [0.2, 0.25) is 0 Å². The standard InChI is InChI=1S/C22H35N4O/c1-26(14-2-3-15-26)16-9-19-18-24(13-17-27-19)10-5-11-25-12-8-20-21(23)6-4-7-22(20)25/h4,6-8,12,19H,2-3,5,9-11,13-18,23H2,1H3/q+1. The monoisotopic (exact) mass is 371 g/mol. The maximum Gasteiger partial charge on any atom is 0.0810 e. The van der Waals surface area contributed by atoms with Gasteiger partial charge in [-0.3, -0.25) is 4.90 Å². The van der Waals surface area contributed by atoms with Crippen molar-refractivity contribution in [3.8, 4) is 0 Å². The van der Waals surface area contributed by atoms with Gasteiger partial charge in [-0.05, 0) is 24.6 Å². The molecule has 5 heteroatoms. The summed E-state index contributed by atoms with van der Waals surface area (Å²) in [4.78, 5) is 2.60. The number of morpholine rings is 1. The molecule has 148 valence electrons. The smallest absolute Gasteiger partial charge is 0.0810 e. The van der Waals surface area contributed by atoms with Crippen LogP contribution in [0.1, 0.15) is 25.7 Å². The fraction of sp³-hybridized carbons (Fsp3) is 0.636. The molecule has 1 unspecified atom stereocenters. The zero-order valence-electron chi connectivity index (χ0n) is 16.8. The van der Waals surface area contributed by atoms with E-state index in [0.29, 0.717) is 6.10 Å². The fourth-order valence-corrected chi connectivity index (χ4v) is 4.84. The molecule has 5 nitrogen and oxygen atoms in total. The van der Waals surface area contributed by atoms with Crippen LogP contribution in [0, 0.1) is 0 Å². The fourth-order valence-electron chi connectivity index (χ4n) is 4.84. The van der Waals surface area contributed by atoms with Crippen LogP contribution in [0.4, 0.5) is 5.69 Å². The van der Waals surface area contributed by atoms with Gasteiger partial charge >= 0.3 is 0 Å². The number of ether oxygens (including phenoxy) is 1. The largest absolute Gasteiger partial charge is 0.398 e. The third-order valence-corrected chi connectivity index (χ3v) is 6.58. The molecule has 0 amide bonds. The van der Waals surface area contributed by atoms with Crippen molar-refractivity contribution in [1.82, 2.24) is 9.47 Å². The highest BCUT2D eigenvalue weighted by atomic mass is 16.5. The van der Waals surface area contributed by atoms with Crippen LogP contribution in [0.25, 0.3) is 10.9 Å². The molecule has 1 aromatic heterocycles. The lowest BCUT2D eigenvalue weighted by Crippen LogP contribution is -2.47. The first kappa shape index (κ1) is 18.8. The number of quaternary nitrogens is 1. The molecule has 4 rings (SSSR count). The summed E-state index contributed by atoms with van der Waals surface area (Å²) in [5.74, 6) is 0. The number of hydrogen-bond donors (Lipinski definition) is 1. The summed E-state index contributed by atoms with van der Waals surface area (Å²) in [6.45, 7) is 9.23. The molecule has 1 atom stereocenters. The summed E-state index contributed by atoms with van der Waals surface area (Å²) in [7, 11) is 2.42. The van der Waals surface area contributed by atoms with Gasteiger partial charge in [0.1, 0.15) is 0 Å². The topological polar surface area (TPSA) is 43.4 Å². The number of aryl methyl sites for hydroxylation is 1. The van der Waals surface area contributed by atoms with Crippen LogP contribution in [0.5, 0.6) is 0 Å². The number of nitrogens with zero attached hydrogens (tertiary/aromatic N) is 3. The molecular weight excluding hydrogens is 336 g/mol. The minimum atomic E-state index is 0.418. The molecule has 1 aromatic carbocycles. The lowest BCUT2D eigenvalue weighted by molar-refractivity contribution is -0.898. The normalized spacial score (nSPS) is 23.2. The Kier molecular flexibility index (Phi) is 5.71. The number of nitrogen functional groups attached to an aromatic ring is 1. The van der Waals surface area contributed by atoms with E-state index < -0.39 is 0 Å². The lowest BCUT2D eigenvalue weighted by Gasteiger charge is -2.35. The Morgan fingerprint density at radius 3 is 2.89 bits per heavy atom. The van der Waals surface area contributed by atoms with Gasteiger partial charge in [-0.15, -0.1) is 0 Å². The first-order chi connectivity index (χ1) is 13.1.